The van der Waals surface area contributed by atoms with E-state index in [0.717, 1.165) is 11.6 Å². The van der Waals surface area contributed by atoms with Crippen LogP contribution in [0.3, 0.4) is 0 Å². The number of benzene rings is 2. The van der Waals surface area contributed by atoms with E-state index >= 15 is 0 Å². The highest BCUT2D eigenvalue weighted by atomic mass is 35.5. The maximum absolute atomic E-state index is 13.6. The van der Waals surface area contributed by atoms with Crippen LogP contribution in [0.15, 0.2) is 48.5 Å². The molecule has 0 fully saturated rings. The Hall–Kier alpha value is -1.45. The van der Waals surface area contributed by atoms with E-state index in [-0.39, 0.29) is 6.54 Å². The fourth-order valence-corrected chi connectivity index (χ4v) is 2.24. The van der Waals surface area contributed by atoms with Crippen LogP contribution >= 0.6 is 11.6 Å². The molecule has 106 valence electrons. The van der Waals surface area contributed by atoms with Crippen LogP contribution < -0.4 is 5.32 Å². The van der Waals surface area contributed by atoms with E-state index in [9.17, 15) is 8.78 Å². The van der Waals surface area contributed by atoms with Crippen molar-refractivity contribution in [2.75, 3.05) is 5.88 Å². The van der Waals surface area contributed by atoms with Crippen molar-refractivity contribution in [3.63, 3.8) is 0 Å². The van der Waals surface area contributed by atoms with Gasteiger partial charge in [0.2, 0.25) is 0 Å². The average molecular weight is 296 g/mol. The van der Waals surface area contributed by atoms with Crippen LogP contribution in [0.2, 0.25) is 0 Å². The van der Waals surface area contributed by atoms with Crippen molar-refractivity contribution in [3.8, 4) is 0 Å². The SMILES string of the molecule is CC(CCl)(NCc1ccc(F)cc1F)c1ccccc1. The molecule has 0 radical (unpaired) electrons. The number of hydrogen-bond acceptors (Lipinski definition) is 1. The first-order valence-corrected chi connectivity index (χ1v) is 6.89. The Kier molecular flexibility index (Phi) is 4.73. The van der Waals surface area contributed by atoms with Gasteiger partial charge in [0.1, 0.15) is 11.6 Å². The summed E-state index contributed by atoms with van der Waals surface area (Å²) in [5.74, 6) is -0.781. The second kappa shape index (κ2) is 6.33. The second-order valence-corrected chi connectivity index (χ2v) is 5.19. The summed E-state index contributed by atoms with van der Waals surface area (Å²) in [6.45, 7) is 2.24. The Morgan fingerprint density at radius 1 is 1.10 bits per heavy atom. The van der Waals surface area contributed by atoms with Gasteiger partial charge in [-0.2, -0.15) is 0 Å². The molecule has 0 saturated carbocycles. The summed E-state index contributed by atoms with van der Waals surface area (Å²) in [5.41, 5.74) is 0.972. The first kappa shape index (κ1) is 14.9. The van der Waals surface area contributed by atoms with Crippen molar-refractivity contribution < 1.29 is 8.78 Å². The molecule has 2 rings (SSSR count). The van der Waals surface area contributed by atoms with Crippen LogP contribution in [0.5, 0.6) is 0 Å². The lowest BCUT2D eigenvalue weighted by Gasteiger charge is -2.29. The van der Waals surface area contributed by atoms with Crippen molar-refractivity contribution in [3.05, 3.63) is 71.3 Å². The highest BCUT2D eigenvalue weighted by molar-refractivity contribution is 6.18. The van der Waals surface area contributed by atoms with Gasteiger partial charge in [-0.1, -0.05) is 36.4 Å². The van der Waals surface area contributed by atoms with E-state index in [0.29, 0.717) is 11.4 Å². The van der Waals surface area contributed by atoms with E-state index in [1.54, 1.807) is 0 Å². The predicted octanol–water partition coefficient (Wildman–Crippen LogP) is 4.21. The first-order valence-electron chi connectivity index (χ1n) is 6.35. The quantitative estimate of drug-likeness (QED) is 0.815. The number of rotatable bonds is 5. The molecule has 0 aromatic heterocycles. The summed E-state index contributed by atoms with van der Waals surface area (Å²) in [6, 6.07) is 13.3. The summed E-state index contributed by atoms with van der Waals surface area (Å²) in [6.07, 6.45) is 0. The molecule has 1 N–H and O–H groups in total. The third-order valence-electron chi connectivity index (χ3n) is 3.36. The molecular formula is C16H16ClF2N. The predicted molar refractivity (Wildman–Crippen MR) is 77.7 cm³/mol. The molecule has 1 nitrogen and oxygen atoms in total. The molecule has 0 amide bonds. The molecular weight excluding hydrogens is 280 g/mol. The monoisotopic (exact) mass is 295 g/mol. The summed E-state index contributed by atoms with van der Waals surface area (Å²) in [5, 5.41) is 3.24. The summed E-state index contributed by atoms with van der Waals surface area (Å²) in [4.78, 5) is 0. The molecule has 0 spiro atoms. The smallest absolute Gasteiger partial charge is 0.130 e. The normalized spacial score (nSPS) is 14.0. The largest absolute Gasteiger partial charge is 0.302 e. The molecule has 0 aliphatic carbocycles. The van der Waals surface area contributed by atoms with Gasteiger partial charge in [0.05, 0.1) is 5.54 Å². The zero-order valence-corrected chi connectivity index (χ0v) is 11.9. The zero-order chi connectivity index (χ0) is 14.6. The molecule has 2 aromatic carbocycles. The van der Waals surface area contributed by atoms with Gasteiger partial charge in [-0.15, -0.1) is 11.6 Å². The van der Waals surface area contributed by atoms with E-state index in [1.807, 2.05) is 37.3 Å². The van der Waals surface area contributed by atoms with E-state index < -0.39 is 17.2 Å². The Labute approximate surface area is 122 Å². The van der Waals surface area contributed by atoms with E-state index in [2.05, 4.69) is 5.32 Å². The highest BCUT2D eigenvalue weighted by Crippen LogP contribution is 2.23. The number of nitrogens with one attached hydrogen (secondary N) is 1. The number of alkyl halides is 1. The van der Waals surface area contributed by atoms with Crippen LogP contribution in [0.25, 0.3) is 0 Å². The lowest BCUT2D eigenvalue weighted by molar-refractivity contribution is 0.401. The zero-order valence-electron chi connectivity index (χ0n) is 11.2. The molecule has 2 aromatic rings. The summed E-state index contributed by atoms with van der Waals surface area (Å²) >= 11 is 6.06. The Morgan fingerprint density at radius 3 is 2.40 bits per heavy atom. The first-order chi connectivity index (χ1) is 9.55. The van der Waals surface area contributed by atoms with Gasteiger partial charge in [0.25, 0.3) is 0 Å². The highest BCUT2D eigenvalue weighted by Gasteiger charge is 2.25. The summed E-state index contributed by atoms with van der Waals surface area (Å²) < 4.78 is 26.5. The fraction of sp³-hybridized carbons (Fsp3) is 0.250. The molecule has 1 unspecified atom stereocenters. The molecule has 0 bridgehead atoms. The van der Waals surface area contributed by atoms with Gasteiger partial charge in [0, 0.05) is 24.1 Å². The van der Waals surface area contributed by atoms with Crippen LogP contribution in [0, 0.1) is 11.6 Å². The standard InChI is InChI=1S/C16H16ClF2N/c1-16(11-17,13-5-3-2-4-6-13)20-10-12-7-8-14(18)9-15(12)19/h2-9,20H,10-11H2,1H3. The molecule has 0 saturated heterocycles. The van der Waals surface area contributed by atoms with Crippen LogP contribution in [0.1, 0.15) is 18.1 Å². The third kappa shape index (κ3) is 3.35. The van der Waals surface area contributed by atoms with Crippen molar-refractivity contribution in [1.82, 2.24) is 5.32 Å². The van der Waals surface area contributed by atoms with Gasteiger partial charge in [-0.3, -0.25) is 0 Å². The molecule has 4 heteroatoms. The maximum atomic E-state index is 13.6. The molecule has 1 atom stereocenters. The van der Waals surface area contributed by atoms with Crippen molar-refractivity contribution in [2.45, 2.75) is 19.0 Å². The molecule has 20 heavy (non-hydrogen) atoms. The Bertz CT molecular complexity index is 574. The minimum atomic E-state index is -0.575. The van der Waals surface area contributed by atoms with Crippen molar-refractivity contribution >= 4 is 11.6 Å². The lowest BCUT2D eigenvalue weighted by Crippen LogP contribution is -2.41. The van der Waals surface area contributed by atoms with Crippen molar-refractivity contribution in [1.29, 1.82) is 0 Å². The third-order valence-corrected chi connectivity index (χ3v) is 3.90. The molecule has 0 aliphatic rings. The van der Waals surface area contributed by atoms with Crippen molar-refractivity contribution in [2.24, 2.45) is 0 Å². The number of hydrogen-bond donors (Lipinski definition) is 1. The topological polar surface area (TPSA) is 12.0 Å². The van der Waals surface area contributed by atoms with Gasteiger partial charge in [-0.05, 0) is 18.6 Å². The Balaban J connectivity index is 2.15. The fourth-order valence-electron chi connectivity index (χ4n) is 1.99. The van der Waals surface area contributed by atoms with Crippen LogP contribution in [-0.4, -0.2) is 5.88 Å². The van der Waals surface area contributed by atoms with E-state index in [1.165, 1.54) is 12.1 Å². The lowest BCUT2D eigenvalue weighted by atomic mass is 9.94. The minimum Gasteiger partial charge on any atom is -0.302 e. The molecule has 0 heterocycles. The summed E-state index contributed by atoms with van der Waals surface area (Å²) in [7, 11) is 0. The van der Waals surface area contributed by atoms with Gasteiger partial charge >= 0.3 is 0 Å². The average Bonchev–Trinajstić information content (AvgIpc) is 2.47. The van der Waals surface area contributed by atoms with Gasteiger partial charge < -0.3 is 5.32 Å². The Morgan fingerprint density at radius 2 is 1.80 bits per heavy atom. The maximum Gasteiger partial charge on any atom is 0.130 e. The van der Waals surface area contributed by atoms with Gasteiger partial charge in [-0.25, -0.2) is 8.78 Å². The molecule has 0 aliphatic heterocycles. The van der Waals surface area contributed by atoms with Crippen LogP contribution in [-0.2, 0) is 12.1 Å². The minimum absolute atomic E-state index is 0.282. The number of halogens is 3. The van der Waals surface area contributed by atoms with Crippen LogP contribution in [0.4, 0.5) is 8.78 Å². The van der Waals surface area contributed by atoms with Gasteiger partial charge in [0.15, 0.2) is 0 Å². The van der Waals surface area contributed by atoms with E-state index in [4.69, 9.17) is 11.6 Å². The second-order valence-electron chi connectivity index (χ2n) is 4.92.